The molecule has 11 heteroatoms. The summed E-state index contributed by atoms with van der Waals surface area (Å²) >= 11 is 13.4. The van der Waals surface area contributed by atoms with E-state index in [4.69, 9.17) is 33.0 Å². The predicted octanol–water partition coefficient (Wildman–Crippen LogP) is 6.51. The van der Waals surface area contributed by atoms with Gasteiger partial charge in [-0.05, 0) is 53.6 Å². The normalized spacial score (nSPS) is 14.6. The molecule has 0 atom stereocenters. The summed E-state index contributed by atoms with van der Waals surface area (Å²) in [6, 6.07) is 15.8. The van der Waals surface area contributed by atoms with Gasteiger partial charge in [0.05, 0.1) is 16.0 Å². The largest absolute Gasteiger partial charge is 0.426 e. The van der Waals surface area contributed by atoms with Gasteiger partial charge in [-0.1, -0.05) is 71.2 Å². The van der Waals surface area contributed by atoms with Gasteiger partial charge in [-0.25, -0.2) is 9.18 Å². The van der Waals surface area contributed by atoms with E-state index in [0.717, 1.165) is 23.1 Å². The number of nitrogens with zero attached hydrogens (tertiary/aromatic N) is 1. The van der Waals surface area contributed by atoms with Crippen molar-refractivity contribution in [2.45, 2.75) is 6.42 Å². The van der Waals surface area contributed by atoms with Crippen molar-refractivity contribution in [3.63, 3.8) is 0 Å². The molecule has 3 aromatic carbocycles. The molecule has 4 aromatic rings. The molecule has 1 aliphatic rings. The van der Waals surface area contributed by atoms with Crippen LogP contribution < -0.4 is 9.68 Å². The first-order chi connectivity index (χ1) is 17.8. The predicted molar refractivity (Wildman–Crippen MR) is 147 cm³/mol. The van der Waals surface area contributed by atoms with Crippen LogP contribution in [0.5, 0.6) is 5.75 Å². The van der Waals surface area contributed by atoms with Gasteiger partial charge >= 0.3 is 10.9 Å². The van der Waals surface area contributed by atoms with Crippen molar-refractivity contribution in [2.75, 3.05) is 6.54 Å². The smallest absolute Gasteiger partial charge is 0.396 e. The second-order valence-corrected chi connectivity index (χ2v) is 10.9. The van der Waals surface area contributed by atoms with Crippen molar-refractivity contribution in [3.8, 4) is 16.9 Å². The number of thioether (sulfide) groups is 1. The monoisotopic (exact) mass is 571 g/mol. The third kappa shape index (κ3) is 5.52. The van der Waals surface area contributed by atoms with E-state index in [-0.39, 0.29) is 30.4 Å². The second kappa shape index (κ2) is 10.6. The topological polar surface area (TPSA) is 76.8 Å². The van der Waals surface area contributed by atoms with Gasteiger partial charge in [0, 0.05) is 17.1 Å². The van der Waals surface area contributed by atoms with Crippen molar-refractivity contribution in [1.29, 1.82) is 0 Å². The van der Waals surface area contributed by atoms with Crippen LogP contribution in [0.25, 0.3) is 27.5 Å². The Morgan fingerprint density at radius 1 is 1.08 bits per heavy atom. The lowest BCUT2D eigenvalue weighted by Gasteiger charge is -2.15. The Morgan fingerprint density at radius 3 is 2.54 bits per heavy atom. The molecule has 1 saturated heterocycles. The lowest BCUT2D eigenvalue weighted by atomic mass is 10.0. The van der Waals surface area contributed by atoms with Gasteiger partial charge in [-0.15, -0.1) is 0 Å². The Kier molecular flexibility index (Phi) is 7.25. The summed E-state index contributed by atoms with van der Waals surface area (Å²) in [7, 11) is 0. The van der Waals surface area contributed by atoms with Crippen LogP contribution in [-0.4, -0.2) is 27.6 Å². The summed E-state index contributed by atoms with van der Waals surface area (Å²) < 4.78 is 24.9. The summed E-state index contributed by atoms with van der Waals surface area (Å²) in [6.07, 6.45) is 1.51. The van der Waals surface area contributed by atoms with Gasteiger partial charge in [0.15, 0.2) is 0 Å². The minimum atomic E-state index is -0.582. The fourth-order valence-electron chi connectivity index (χ4n) is 3.68. The maximum atomic E-state index is 13.2. The number of ether oxygens (including phenoxy) is 1. The molecule has 0 aliphatic carbocycles. The summed E-state index contributed by atoms with van der Waals surface area (Å²) in [5.41, 5.74) is 2.27. The highest BCUT2D eigenvalue weighted by molar-refractivity contribution is 8.26. The fraction of sp³-hybridized carbons (Fsp3) is 0.0769. The maximum Gasteiger partial charge on any atom is 0.396 e. The zero-order valence-corrected chi connectivity index (χ0v) is 21.9. The first kappa shape index (κ1) is 25.3. The first-order valence-corrected chi connectivity index (χ1v) is 13.2. The molecule has 5 rings (SSSR count). The van der Waals surface area contributed by atoms with Crippen LogP contribution in [0, 0.1) is 5.82 Å². The summed E-state index contributed by atoms with van der Waals surface area (Å²) in [5.74, 6) is -1.04. The van der Waals surface area contributed by atoms with Crippen molar-refractivity contribution in [3.05, 3.63) is 91.7 Å². The molecule has 37 heavy (non-hydrogen) atoms. The van der Waals surface area contributed by atoms with E-state index < -0.39 is 10.9 Å². The number of hydrogen-bond donors (Lipinski definition) is 0. The van der Waals surface area contributed by atoms with Gasteiger partial charge in [-0.3, -0.25) is 14.5 Å². The maximum absolute atomic E-state index is 13.2. The lowest BCUT2D eigenvalue weighted by Crippen LogP contribution is -2.31. The first-order valence-electron chi connectivity index (χ1n) is 10.8. The highest BCUT2D eigenvalue weighted by Gasteiger charge is 2.32. The van der Waals surface area contributed by atoms with Crippen LogP contribution in [0.15, 0.2) is 74.8 Å². The number of esters is 1. The summed E-state index contributed by atoms with van der Waals surface area (Å²) in [6.45, 7) is 0.0296. The molecule has 1 aromatic heterocycles. The SMILES string of the molecule is O=C(CCN1C(=O)C(=Cc2ccc(F)cc2)SC1=S)Oc1ccc2oc(=O)sc2c1-c1ccc(Cl)cc1. The van der Waals surface area contributed by atoms with Crippen molar-refractivity contribution < 1.29 is 23.1 Å². The van der Waals surface area contributed by atoms with Gasteiger partial charge < -0.3 is 9.15 Å². The van der Waals surface area contributed by atoms with E-state index in [2.05, 4.69) is 0 Å². The standard InChI is InChI=1S/C26H15ClFNO5S3/c27-16-5-3-15(4-6-16)22-18(9-10-19-23(22)37-26(32)34-19)33-21(30)11-12-29-24(31)20(36-25(29)35)13-14-1-7-17(28)8-2-14/h1-10,13H,11-12H2. The molecule has 0 bridgehead atoms. The minimum Gasteiger partial charge on any atom is -0.426 e. The van der Waals surface area contributed by atoms with Gasteiger partial charge in [0.25, 0.3) is 5.91 Å². The Morgan fingerprint density at radius 2 is 1.81 bits per heavy atom. The zero-order chi connectivity index (χ0) is 26.1. The van der Waals surface area contributed by atoms with E-state index in [1.165, 1.54) is 17.0 Å². The number of thiocarbonyl (C=S) groups is 1. The molecular formula is C26H15ClFNO5S3. The van der Waals surface area contributed by atoms with Gasteiger partial charge in [0.2, 0.25) is 0 Å². The summed E-state index contributed by atoms with van der Waals surface area (Å²) in [5, 5.41) is 0.534. The average molecular weight is 572 g/mol. The van der Waals surface area contributed by atoms with Gasteiger partial charge in [-0.2, -0.15) is 0 Å². The van der Waals surface area contributed by atoms with Crippen molar-refractivity contribution >= 4 is 79.5 Å². The number of fused-ring (bicyclic) bond motifs is 1. The molecular weight excluding hydrogens is 557 g/mol. The zero-order valence-electron chi connectivity index (χ0n) is 18.7. The molecule has 0 radical (unpaired) electrons. The molecule has 6 nitrogen and oxygen atoms in total. The number of carbonyl (C=O) groups excluding carboxylic acids is 2. The second-order valence-electron chi connectivity index (χ2n) is 7.84. The van der Waals surface area contributed by atoms with Crippen LogP contribution in [0.3, 0.4) is 0 Å². The van der Waals surface area contributed by atoms with Gasteiger partial charge in [0.1, 0.15) is 21.5 Å². The molecule has 0 spiro atoms. The molecule has 1 amide bonds. The highest BCUT2D eigenvalue weighted by atomic mass is 35.5. The van der Waals surface area contributed by atoms with Crippen molar-refractivity contribution in [1.82, 2.24) is 4.90 Å². The lowest BCUT2D eigenvalue weighted by molar-refractivity contribution is -0.134. The van der Waals surface area contributed by atoms with E-state index in [1.54, 1.807) is 54.6 Å². The van der Waals surface area contributed by atoms with Crippen LogP contribution in [0.1, 0.15) is 12.0 Å². The number of carbonyl (C=O) groups is 2. The third-order valence-electron chi connectivity index (χ3n) is 5.40. The minimum absolute atomic E-state index is 0.0296. The Bertz CT molecular complexity index is 1630. The van der Waals surface area contributed by atoms with E-state index in [1.807, 2.05) is 0 Å². The molecule has 186 valence electrons. The van der Waals surface area contributed by atoms with Crippen LogP contribution >= 0.6 is 46.9 Å². The summed E-state index contributed by atoms with van der Waals surface area (Å²) in [4.78, 5) is 38.8. The number of rotatable bonds is 6. The Balaban J connectivity index is 1.33. The van der Waals surface area contributed by atoms with E-state index >= 15 is 0 Å². The van der Waals surface area contributed by atoms with Crippen molar-refractivity contribution in [2.24, 2.45) is 0 Å². The third-order valence-corrected chi connectivity index (χ3v) is 7.89. The number of amides is 1. The van der Waals surface area contributed by atoms with E-state index in [9.17, 15) is 18.8 Å². The highest BCUT2D eigenvalue weighted by Crippen LogP contribution is 2.39. The number of hydrogen-bond acceptors (Lipinski definition) is 8. The number of halogens is 2. The average Bonchev–Trinajstić information content (AvgIpc) is 3.37. The van der Waals surface area contributed by atoms with E-state index in [0.29, 0.717) is 41.2 Å². The molecule has 0 N–H and O–H groups in total. The fourth-order valence-corrected chi connectivity index (χ4v) is 5.94. The quantitative estimate of drug-likeness (QED) is 0.113. The Labute approximate surface area is 228 Å². The molecule has 1 fully saturated rings. The molecule has 2 heterocycles. The van der Waals surface area contributed by atoms with Crippen LogP contribution in [0.4, 0.5) is 4.39 Å². The van der Waals surface area contributed by atoms with Crippen LogP contribution in [-0.2, 0) is 9.59 Å². The Hall–Kier alpha value is -3.31. The van der Waals surface area contributed by atoms with Crippen LogP contribution in [0.2, 0.25) is 5.02 Å². The molecule has 0 saturated carbocycles. The number of benzene rings is 3. The molecule has 0 unspecified atom stereocenters. The molecule has 1 aliphatic heterocycles.